The lowest BCUT2D eigenvalue weighted by atomic mass is 10.0. The SMILES string of the molecule is CCNC(=NCCNS(=O)(=O)c1cccs1)N1CCOC(c2ccccc2C)C1. The van der Waals surface area contributed by atoms with Crippen molar-refractivity contribution in [3.05, 3.63) is 52.9 Å². The van der Waals surface area contributed by atoms with E-state index in [1.807, 2.05) is 19.1 Å². The zero-order valence-corrected chi connectivity index (χ0v) is 18.4. The van der Waals surface area contributed by atoms with Gasteiger partial charge in [0.25, 0.3) is 0 Å². The molecule has 1 fully saturated rings. The number of aryl methyl sites for hydroxylation is 1. The van der Waals surface area contributed by atoms with Crippen LogP contribution in [0.3, 0.4) is 0 Å². The average Bonchev–Trinajstić information content (AvgIpc) is 3.27. The van der Waals surface area contributed by atoms with E-state index >= 15 is 0 Å². The highest BCUT2D eigenvalue weighted by molar-refractivity contribution is 7.91. The number of nitrogens with one attached hydrogen (secondary N) is 2. The third-order valence-electron chi connectivity index (χ3n) is 4.66. The van der Waals surface area contributed by atoms with Gasteiger partial charge in [-0.25, -0.2) is 13.1 Å². The zero-order valence-electron chi connectivity index (χ0n) is 16.8. The molecule has 1 aromatic carbocycles. The van der Waals surface area contributed by atoms with Crippen molar-refractivity contribution in [3.63, 3.8) is 0 Å². The van der Waals surface area contributed by atoms with Crippen LogP contribution in [0.5, 0.6) is 0 Å². The summed E-state index contributed by atoms with van der Waals surface area (Å²) in [4.78, 5) is 6.80. The second kappa shape index (κ2) is 10.2. The van der Waals surface area contributed by atoms with Crippen LogP contribution >= 0.6 is 11.3 Å². The minimum absolute atomic E-state index is 0.00821. The molecule has 1 saturated heterocycles. The van der Waals surface area contributed by atoms with Gasteiger partial charge >= 0.3 is 0 Å². The Kier molecular flexibility index (Phi) is 7.65. The lowest BCUT2D eigenvalue weighted by molar-refractivity contribution is -0.00832. The molecule has 2 N–H and O–H groups in total. The van der Waals surface area contributed by atoms with Crippen molar-refractivity contribution in [2.24, 2.45) is 4.99 Å². The van der Waals surface area contributed by atoms with Crippen LogP contribution < -0.4 is 10.0 Å². The predicted octanol–water partition coefficient (Wildman–Crippen LogP) is 2.37. The Balaban J connectivity index is 1.61. The van der Waals surface area contributed by atoms with Crippen molar-refractivity contribution in [1.29, 1.82) is 0 Å². The van der Waals surface area contributed by atoms with E-state index in [0.29, 0.717) is 23.9 Å². The Bertz CT molecular complexity index is 914. The molecule has 1 aliphatic heterocycles. The molecule has 158 valence electrons. The van der Waals surface area contributed by atoms with Gasteiger partial charge in [-0.05, 0) is 36.4 Å². The largest absolute Gasteiger partial charge is 0.370 e. The van der Waals surface area contributed by atoms with Crippen LogP contribution in [-0.2, 0) is 14.8 Å². The summed E-state index contributed by atoms with van der Waals surface area (Å²) in [5.74, 6) is 0.782. The van der Waals surface area contributed by atoms with E-state index in [0.717, 1.165) is 19.0 Å². The maximum Gasteiger partial charge on any atom is 0.250 e. The zero-order chi connectivity index (χ0) is 20.7. The molecule has 7 nitrogen and oxygen atoms in total. The van der Waals surface area contributed by atoms with Gasteiger partial charge in [0.2, 0.25) is 10.0 Å². The minimum atomic E-state index is -3.46. The molecule has 0 bridgehead atoms. The smallest absolute Gasteiger partial charge is 0.250 e. The van der Waals surface area contributed by atoms with E-state index in [2.05, 4.69) is 39.0 Å². The predicted molar refractivity (Wildman–Crippen MR) is 117 cm³/mol. The Morgan fingerprint density at radius 2 is 2.14 bits per heavy atom. The fourth-order valence-electron chi connectivity index (χ4n) is 3.23. The van der Waals surface area contributed by atoms with Gasteiger partial charge < -0.3 is 15.0 Å². The Morgan fingerprint density at radius 3 is 2.86 bits per heavy atom. The highest BCUT2D eigenvalue weighted by atomic mass is 32.2. The summed E-state index contributed by atoms with van der Waals surface area (Å²) >= 11 is 1.20. The standard InChI is InChI=1S/C20H28N4O3S2/c1-3-21-20(22-10-11-23-29(25,26)19-9-6-14-28-19)24-12-13-27-18(15-24)17-8-5-4-7-16(17)2/h4-9,14,18,23H,3,10-13,15H2,1-2H3,(H,21,22). The number of sulfonamides is 1. The van der Waals surface area contributed by atoms with Gasteiger partial charge in [-0.15, -0.1) is 11.3 Å². The molecule has 29 heavy (non-hydrogen) atoms. The van der Waals surface area contributed by atoms with Gasteiger partial charge in [0.15, 0.2) is 5.96 Å². The molecular weight excluding hydrogens is 408 g/mol. The van der Waals surface area contributed by atoms with Gasteiger partial charge in [-0.1, -0.05) is 30.3 Å². The van der Waals surface area contributed by atoms with Crippen LogP contribution in [0.25, 0.3) is 0 Å². The quantitative estimate of drug-likeness (QED) is 0.396. The molecule has 1 atom stereocenters. The third kappa shape index (κ3) is 5.79. The van der Waals surface area contributed by atoms with E-state index < -0.39 is 10.0 Å². The molecule has 0 radical (unpaired) electrons. The van der Waals surface area contributed by atoms with Gasteiger partial charge in [0.1, 0.15) is 10.3 Å². The lowest BCUT2D eigenvalue weighted by Gasteiger charge is -2.35. The number of hydrogen-bond donors (Lipinski definition) is 2. The normalized spacial score (nSPS) is 18.1. The third-order valence-corrected chi connectivity index (χ3v) is 7.52. The summed E-state index contributed by atoms with van der Waals surface area (Å²) in [5.41, 5.74) is 2.40. The molecule has 9 heteroatoms. The van der Waals surface area contributed by atoms with E-state index in [1.54, 1.807) is 17.5 Å². The Labute approximate surface area is 176 Å². The monoisotopic (exact) mass is 436 g/mol. The van der Waals surface area contributed by atoms with Crippen LogP contribution in [0, 0.1) is 6.92 Å². The van der Waals surface area contributed by atoms with Gasteiger partial charge in [0, 0.05) is 19.6 Å². The van der Waals surface area contributed by atoms with Crippen molar-refractivity contribution >= 4 is 27.3 Å². The van der Waals surface area contributed by atoms with Gasteiger partial charge in [0.05, 0.1) is 19.7 Å². The van der Waals surface area contributed by atoms with Crippen LogP contribution in [0.1, 0.15) is 24.2 Å². The number of aliphatic imine (C=N–C) groups is 1. The van der Waals surface area contributed by atoms with Crippen LogP contribution in [0.15, 0.2) is 51.0 Å². The number of morpholine rings is 1. The summed E-state index contributed by atoms with van der Waals surface area (Å²) in [6.07, 6.45) is -0.00821. The number of rotatable bonds is 7. The first-order valence-corrected chi connectivity index (χ1v) is 12.1. The number of benzene rings is 1. The lowest BCUT2D eigenvalue weighted by Crippen LogP contribution is -2.48. The highest BCUT2D eigenvalue weighted by Crippen LogP contribution is 2.25. The molecule has 1 aromatic heterocycles. The number of guanidine groups is 1. The molecule has 1 aliphatic rings. The topological polar surface area (TPSA) is 83.0 Å². The van der Waals surface area contributed by atoms with Gasteiger partial charge in [-0.2, -0.15) is 0 Å². The Hall–Kier alpha value is -1.94. The maximum atomic E-state index is 12.2. The van der Waals surface area contributed by atoms with E-state index in [4.69, 9.17) is 4.74 Å². The summed E-state index contributed by atoms with van der Waals surface area (Å²) in [7, 11) is -3.46. The van der Waals surface area contributed by atoms with E-state index in [-0.39, 0.29) is 12.6 Å². The van der Waals surface area contributed by atoms with Crippen LogP contribution in [0.4, 0.5) is 0 Å². The first-order chi connectivity index (χ1) is 14.0. The molecule has 2 heterocycles. The second-order valence-corrected chi connectivity index (χ2v) is 9.67. The average molecular weight is 437 g/mol. The molecule has 0 amide bonds. The highest BCUT2D eigenvalue weighted by Gasteiger charge is 2.25. The first-order valence-electron chi connectivity index (χ1n) is 9.75. The number of nitrogens with zero attached hydrogens (tertiary/aromatic N) is 2. The number of ether oxygens (including phenoxy) is 1. The molecule has 1 unspecified atom stereocenters. The fraction of sp³-hybridized carbons (Fsp3) is 0.450. The molecule has 0 saturated carbocycles. The Morgan fingerprint density at radius 1 is 1.31 bits per heavy atom. The molecule has 0 spiro atoms. The fourth-order valence-corrected chi connectivity index (χ4v) is 5.29. The molecular formula is C20H28N4O3S2. The van der Waals surface area contributed by atoms with Crippen molar-refractivity contribution < 1.29 is 13.2 Å². The summed E-state index contributed by atoms with van der Waals surface area (Å²) in [6.45, 7) is 7.54. The summed E-state index contributed by atoms with van der Waals surface area (Å²) in [5, 5.41) is 5.06. The van der Waals surface area contributed by atoms with E-state index in [1.165, 1.54) is 22.5 Å². The van der Waals surface area contributed by atoms with E-state index in [9.17, 15) is 8.42 Å². The first kappa shape index (κ1) is 21.8. The number of thiophene rings is 1. The van der Waals surface area contributed by atoms with Crippen molar-refractivity contribution in [2.45, 2.75) is 24.2 Å². The maximum absolute atomic E-state index is 12.2. The second-order valence-electron chi connectivity index (χ2n) is 6.73. The van der Waals surface area contributed by atoms with Crippen LogP contribution in [0.2, 0.25) is 0 Å². The number of hydrogen-bond acceptors (Lipinski definition) is 5. The van der Waals surface area contributed by atoms with Crippen LogP contribution in [-0.4, -0.2) is 58.6 Å². The van der Waals surface area contributed by atoms with Gasteiger partial charge in [-0.3, -0.25) is 4.99 Å². The molecule has 3 rings (SSSR count). The van der Waals surface area contributed by atoms with Crippen molar-refractivity contribution in [3.8, 4) is 0 Å². The van der Waals surface area contributed by atoms with Crippen molar-refractivity contribution in [2.75, 3.05) is 39.3 Å². The molecule has 0 aliphatic carbocycles. The summed E-state index contributed by atoms with van der Waals surface area (Å²) < 4.78 is 33.3. The minimum Gasteiger partial charge on any atom is -0.370 e. The summed E-state index contributed by atoms with van der Waals surface area (Å²) in [6, 6.07) is 11.6. The van der Waals surface area contributed by atoms with Crippen molar-refractivity contribution in [1.82, 2.24) is 14.9 Å². The molecule has 2 aromatic rings.